The Bertz CT molecular complexity index is 320. The number of nitrogens with zero attached hydrogens (tertiary/aromatic N) is 2. The van der Waals surface area contributed by atoms with E-state index in [0.29, 0.717) is 0 Å². The molecule has 0 aliphatic rings. The molecule has 0 saturated carbocycles. The molecule has 1 N–H and O–H groups in total. The first-order valence-electron chi connectivity index (χ1n) is 6.27. The quantitative estimate of drug-likeness (QED) is 0.830. The highest BCUT2D eigenvalue weighted by Gasteiger charge is 2.10. The minimum atomic E-state index is 0.199. The smallest absolute Gasteiger partial charge is 0.0624 e. The third kappa shape index (κ3) is 3.97. The lowest BCUT2D eigenvalue weighted by atomic mass is 10.1. The van der Waals surface area contributed by atoms with E-state index in [1.54, 1.807) is 0 Å². The first-order valence-corrected chi connectivity index (χ1v) is 6.27. The molecule has 16 heavy (non-hydrogen) atoms. The van der Waals surface area contributed by atoms with Crippen LogP contribution in [0.4, 0.5) is 0 Å². The Morgan fingerprint density at radius 1 is 1.31 bits per heavy atom. The van der Waals surface area contributed by atoms with Gasteiger partial charge in [-0.2, -0.15) is 5.10 Å². The fourth-order valence-corrected chi connectivity index (χ4v) is 1.73. The van der Waals surface area contributed by atoms with Crippen molar-refractivity contribution in [3.05, 3.63) is 17.5 Å². The Morgan fingerprint density at radius 2 is 2.00 bits per heavy atom. The van der Waals surface area contributed by atoms with Crippen LogP contribution in [0.3, 0.4) is 0 Å². The first kappa shape index (κ1) is 13.2. The van der Waals surface area contributed by atoms with Gasteiger partial charge in [0.25, 0.3) is 0 Å². The molecule has 0 spiro atoms. The molecule has 0 saturated heterocycles. The molecule has 0 unspecified atom stereocenters. The van der Waals surface area contributed by atoms with E-state index >= 15 is 0 Å². The number of aryl methyl sites for hydroxylation is 2. The highest BCUT2D eigenvalue weighted by Crippen LogP contribution is 2.07. The van der Waals surface area contributed by atoms with Crippen molar-refractivity contribution in [1.29, 1.82) is 0 Å². The summed E-state index contributed by atoms with van der Waals surface area (Å²) in [6.07, 6.45) is 2.07. The van der Waals surface area contributed by atoms with Gasteiger partial charge in [-0.25, -0.2) is 0 Å². The van der Waals surface area contributed by atoms with Gasteiger partial charge < -0.3 is 5.32 Å². The predicted molar refractivity (Wildman–Crippen MR) is 68.7 cm³/mol. The molecule has 0 radical (unpaired) electrons. The summed E-state index contributed by atoms with van der Waals surface area (Å²) in [7, 11) is 0. The van der Waals surface area contributed by atoms with Crippen molar-refractivity contribution in [2.75, 3.05) is 6.54 Å². The summed E-state index contributed by atoms with van der Waals surface area (Å²) in [4.78, 5) is 0. The summed E-state index contributed by atoms with van der Waals surface area (Å²) >= 11 is 0. The molecular formula is C13H25N3. The average molecular weight is 223 g/mol. The molecule has 0 atom stereocenters. The molecule has 3 heteroatoms. The maximum atomic E-state index is 4.55. The van der Waals surface area contributed by atoms with Gasteiger partial charge in [-0.1, -0.05) is 6.92 Å². The first-order chi connectivity index (χ1) is 7.46. The summed E-state index contributed by atoms with van der Waals surface area (Å²) in [5, 5.41) is 8.06. The highest BCUT2D eigenvalue weighted by atomic mass is 15.3. The molecule has 0 aromatic carbocycles. The van der Waals surface area contributed by atoms with Crippen molar-refractivity contribution in [3.63, 3.8) is 0 Å². The Kier molecular flexibility index (Phi) is 4.54. The number of hydrogen-bond acceptors (Lipinski definition) is 2. The minimum Gasteiger partial charge on any atom is -0.312 e. The van der Waals surface area contributed by atoms with Gasteiger partial charge >= 0.3 is 0 Å². The van der Waals surface area contributed by atoms with Crippen LogP contribution in [-0.2, 0) is 19.4 Å². The van der Waals surface area contributed by atoms with Gasteiger partial charge in [0.1, 0.15) is 0 Å². The third-order valence-corrected chi connectivity index (χ3v) is 2.61. The molecule has 0 aliphatic carbocycles. The minimum absolute atomic E-state index is 0.199. The summed E-state index contributed by atoms with van der Waals surface area (Å²) in [5.74, 6) is 0. The van der Waals surface area contributed by atoms with Gasteiger partial charge in [0.05, 0.1) is 5.69 Å². The highest BCUT2D eigenvalue weighted by molar-refractivity contribution is 5.11. The average Bonchev–Trinajstić information content (AvgIpc) is 2.58. The maximum Gasteiger partial charge on any atom is 0.0624 e. The third-order valence-electron chi connectivity index (χ3n) is 2.61. The fourth-order valence-electron chi connectivity index (χ4n) is 1.73. The summed E-state index contributed by atoms with van der Waals surface area (Å²) in [6.45, 7) is 12.9. The molecule has 0 aliphatic heterocycles. The predicted octanol–water partition coefficient (Wildman–Crippen LogP) is 2.40. The largest absolute Gasteiger partial charge is 0.312 e. The van der Waals surface area contributed by atoms with Crippen molar-refractivity contribution in [3.8, 4) is 0 Å². The van der Waals surface area contributed by atoms with Crippen LogP contribution >= 0.6 is 0 Å². The molecule has 3 nitrogen and oxygen atoms in total. The van der Waals surface area contributed by atoms with E-state index < -0.39 is 0 Å². The van der Waals surface area contributed by atoms with Crippen molar-refractivity contribution in [2.45, 2.75) is 59.5 Å². The Hall–Kier alpha value is -0.830. The number of rotatable bonds is 5. The van der Waals surface area contributed by atoms with E-state index in [9.17, 15) is 0 Å². The van der Waals surface area contributed by atoms with E-state index in [1.165, 1.54) is 11.4 Å². The molecule has 0 bridgehead atoms. The molecule has 1 rings (SSSR count). The van der Waals surface area contributed by atoms with Gasteiger partial charge in [-0.05, 0) is 40.2 Å². The van der Waals surface area contributed by atoms with Crippen molar-refractivity contribution in [2.24, 2.45) is 0 Å². The van der Waals surface area contributed by atoms with E-state index in [2.05, 4.69) is 55.8 Å². The topological polar surface area (TPSA) is 29.9 Å². The van der Waals surface area contributed by atoms with Gasteiger partial charge in [-0.3, -0.25) is 4.68 Å². The van der Waals surface area contributed by atoms with Gasteiger partial charge in [-0.15, -0.1) is 0 Å². The van der Waals surface area contributed by atoms with Crippen LogP contribution in [0.15, 0.2) is 6.07 Å². The molecule has 1 aromatic rings. The van der Waals surface area contributed by atoms with E-state index in [4.69, 9.17) is 0 Å². The summed E-state index contributed by atoms with van der Waals surface area (Å²) in [5.41, 5.74) is 2.74. The Labute approximate surface area is 99.2 Å². The summed E-state index contributed by atoms with van der Waals surface area (Å²) < 4.78 is 2.11. The van der Waals surface area contributed by atoms with Crippen LogP contribution in [0.2, 0.25) is 0 Å². The van der Waals surface area contributed by atoms with Crippen molar-refractivity contribution < 1.29 is 0 Å². The van der Waals surface area contributed by atoms with E-state index in [-0.39, 0.29) is 5.54 Å². The van der Waals surface area contributed by atoms with Gasteiger partial charge in [0.2, 0.25) is 0 Å². The molecular weight excluding hydrogens is 198 g/mol. The maximum absolute atomic E-state index is 4.55. The number of nitrogens with one attached hydrogen (secondary N) is 1. The Balaban J connectivity index is 2.55. The zero-order valence-electron chi connectivity index (χ0n) is 11.3. The van der Waals surface area contributed by atoms with Gasteiger partial charge in [0, 0.05) is 30.7 Å². The van der Waals surface area contributed by atoms with Crippen LogP contribution in [0.1, 0.15) is 46.0 Å². The second-order valence-corrected chi connectivity index (χ2v) is 5.22. The molecule has 1 aromatic heterocycles. The monoisotopic (exact) mass is 223 g/mol. The summed E-state index contributed by atoms with van der Waals surface area (Å²) in [6, 6.07) is 2.23. The fraction of sp³-hybridized carbons (Fsp3) is 0.769. The second kappa shape index (κ2) is 5.48. The van der Waals surface area contributed by atoms with Crippen LogP contribution in [0, 0.1) is 0 Å². The SMILES string of the molecule is CCc1cc(CCNC(C)(C)C)n(CC)n1. The standard InChI is InChI=1S/C13H25N3/c1-6-11-10-12(16(7-2)15-11)8-9-14-13(3,4)5/h10,14H,6-9H2,1-5H3. The lowest BCUT2D eigenvalue weighted by Crippen LogP contribution is -2.37. The van der Waals surface area contributed by atoms with Crippen LogP contribution in [0.5, 0.6) is 0 Å². The molecule has 0 fully saturated rings. The van der Waals surface area contributed by atoms with E-state index in [0.717, 1.165) is 25.9 Å². The molecule has 92 valence electrons. The van der Waals surface area contributed by atoms with Crippen LogP contribution < -0.4 is 5.32 Å². The lowest BCUT2D eigenvalue weighted by Gasteiger charge is -2.20. The van der Waals surface area contributed by atoms with Crippen molar-refractivity contribution >= 4 is 0 Å². The van der Waals surface area contributed by atoms with Crippen molar-refractivity contribution in [1.82, 2.24) is 15.1 Å². The normalized spacial score (nSPS) is 12.1. The molecule has 1 heterocycles. The van der Waals surface area contributed by atoms with E-state index in [1.807, 2.05) is 0 Å². The molecule has 0 amide bonds. The lowest BCUT2D eigenvalue weighted by molar-refractivity contribution is 0.425. The van der Waals surface area contributed by atoms with Crippen LogP contribution in [-0.4, -0.2) is 21.9 Å². The van der Waals surface area contributed by atoms with Gasteiger partial charge in [0.15, 0.2) is 0 Å². The number of aromatic nitrogens is 2. The zero-order valence-corrected chi connectivity index (χ0v) is 11.3. The second-order valence-electron chi connectivity index (χ2n) is 5.22. The Morgan fingerprint density at radius 3 is 2.50 bits per heavy atom. The van der Waals surface area contributed by atoms with Crippen LogP contribution in [0.25, 0.3) is 0 Å². The number of hydrogen-bond donors (Lipinski definition) is 1. The zero-order chi connectivity index (χ0) is 12.2.